The highest BCUT2D eigenvalue weighted by Gasteiger charge is 2.27. The molecule has 0 spiro atoms. The van der Waals surface area contributed by atoms with E-state index in [1.165, 1.54) is 16.2 Å². The first-order chi connectivity index (χ1) is 16.4. The first-order valence-corrected chi connectivity index (χ1v) is 12.0. The molecule has 0 aliphatic rings. The Kier molecular flexibility index (Phi) is 7.40. The molecule has 4 rings (SSSR count). The van der Waals surface area contributed by atoms with Crippen LogP contribution in [0, 0.1) is 5.92 Å². The van der Waals surface area contributed by atoms with Crippen LogP contribution in [-0.4, -0.2) is 29.0 Å². The lowest BCUT2D eigenvalue weighted by atomic mass is 9.95. The lowest BCUT2D eigenvalue weighted by Gasteiger charge is -2.21. The summed E-state index contributed by atoms with van der Waals surface area (Å²) in [7, 11) is 1.65. The predicted octanol–water partition coefficient (Wildman–Crippen LogP) is 6.43. The number of anilines is 1. The number of aromatic nitrogens is 1. The number of amides is 1. The van der Waals surface area contributed by atoms with Crippen molar-refractivity contribution in [3.63, 3.8) is 0 Å². The van der Waals surface area contributed by atoms with Gasteiger partial charge < -0.3 is 5.11 Å². The number of nitrogens with zero attached hydrogens (tertiary/aromatic N) is 2. The average Bonchev–Trinajstić information content (AvgIpc) is 3.33. The molecule has 0 saturated carbocycles. The molecule has 3 aromatic carbocycles. The van der Waals surface area contributed by atoms with Crippen LogP contribution >= 0.6 is 22.9 Å². The maximum atomic E-state index is 13.3. The third-order valence-electron chi connectivity index (χ3n) is 5.54. The highest BCUT2D eigenvalue weighted by Crippen LogP contribution is 2.35. The average molecular weight is 491 g/mol. The standard InChI is InChI=1S/C27H23ClN2O3S/c1-30(26(33)20(16-25(31)32)14-18-8-3-2-4-9-18)27-29-24(17-34-27)23-13-6-5-12-22(23)19-10-7-11-21(28)15-19/h2-13,15,17,20H,14,16H2,1H3,(H,31,32). The molecule has 172 valence electrons. The number of carboxylic acids is 1. The Balaban J connectivity index is 1.60. The first kappa shape index (κ1) is 23.7. The second-order valence-corrected chi connectivity index (χ2v) is 9.23. The molecular weight excluding hydrogens is 468 g/mol. The van der Waals surface area contributed by atoms with E-state index in [-0.39, 0.29) is 12.3 Å². The van der Waals surface area contributed by atoms with E-state index in [0.29, 0.717) is 16.6 Å². The Hall–Kier alpha value is -3.48. The molecule has 34 heavy (non-hydrogen) atoms. The van der Waals surface area contributed by atoms with Gasteiger partial charge in [0.1, 0.15) is 0 Å². The van der Waals surface area contributed by atoms with Crippen LogP contribution in [0.15, 0.2) is 84.2 Å². The molecule has 1 atom stereocenters. The lowest BCUT2D eigenvalue weighted by Crippen LogP contribution is -2.35. The quantitative estimate of drug-likeness (QED) is 0.309. The van der Waals surface area contributed by atoms with E-state index in [2.05, 4.69) is 0 Å². The summed E-state index contributed by atoms with van der Waals surface area (Å²) >= 11 is 7.55. The molecule has 1 N–H and O–H groups in total. The van der Waals surface area contributed by atoms with E-state index in [9.17, 15) is 14.7 Å². The maximum absolute atomic E-state index is 13.3. The fourth-order valence-corrected chi connectivity index (χ4v) is 4.87. The van der Waals surface area contributed by atoms with Gasteiger partial charge in [0.2, 0.25) is 5.91 Å². The maximum Gasteiger partial charge on any atom is 0.304 e. The molecule has 0 aliphatic carbocycles. The summed E-state index contributed by atoms with van der Waals surface area (Å²) in [6, 6.07) is 25.0. The van der Waals surface area contributed by atoms with Crippen LogP contribution in [0.25, 0.3) is 22.4 Å². The van der Waals surface area contributed by atoms with Gasteiger partial charge in [0, 0.05) is 23.0 Å². The minimum atomic E-state index is -1.00. The Bertz CT molecular complexity index is 1310. The SMILES string of the molecule is CN(C(=O)C(CC(=O)O)Cc1ccccc1)c1nc(-c2ccccc2-c2cccc(Cl)c2)cs1. The zero-order chi connectivity index (χ0) is 24.1. The summed E-state index contributed by atoms with van der Waals surface area (Å²) in [4.78, 5) is 30.9. The highest BCUT2D eigenvalue weighted by atomic mass is 35.5. The van der Waals surface area contributed by atoms with Gasteiger partial charge in [-0.2, -0.15) is 0 Å². The molecule has 0 bridgehead atoms. The topological polar surface area (TPSA) is 70.5 Å². The number of benzene rings is 3. The Morgan fingerprint density at radius 2 is 1.71 bits per heavy atom. The second kappa shape index (κ2) is 10.6. The van der Waals surface area contributed by atoms with Gasteiger partial charge in [-0.25, -0.2) is 4.98 Å². The molecule has 0 saturated heterocycles. The molecule has 0 radical (unpaired) electrons. The van der Waals surface area contributed by atoms with Crippen LogP contribution in [0.4, 0.5) is 5.13 Å². The highest BCUT2D eigenvalue weighted by molar-refractivity contribution is 7.14. The largest absolute Gasteiger partial charge is 0.481 e. The van der Waals surface area contributed by atoms with Crippen molar-refractivity contribution in [2.24, 2.45) is 5.92 Å². The fourth-order valence-electron chi connectivity index (χ4n) is 3.88. The summed E-state index contributed by atoms with van der Waals surface area (Å²) in [6.45, 7) is 0. The van der Waals surface area contributed by atoms with Gasteiger partial charge in [0.05, 0.1) is 18.0 Å². The van der Waals surface area contributed by atoms with Crippen molar-refractivity contribution in [3.8, 4) is 22.4 Å². The Labute approximate surface area is 207 Å². The van der Waals surface area contributed by atoms with Crippen molar-refractivity contribution >= 4 is 39.9 Å². The van der Waals surface area contributed by atoms with Crippen LogP contribution in [-0.2, 0) is 16.0 Å². The molecule has 1 heterocycles. The molecule has 4 aromatic rings. The molecule has 1 aromatic heterocycles. The molecule has 1 amide bonds. The number of carboxylic acid groups (broad SMARTS) is 1. The van der Waals surface area contributed by atoms with Crippen LogP contribution in [0.2, 0.25) is 5.02 Å². The minimum absolute atomic E-state index is 0.242. The van der Waals surface area contributed by atoms with Gasteiger partial charge in [-0.05, 0) is 35.2 Å². The van der Waals surface area contributed by atoms with Gasteiger partial charge in [-0.15, -0.1) is 11.3 Å². The van der Waals surface area contributed by atoms with Crippen molar-refractivity contribution in [1.82, 2.24) is 4.98 Å². The van der Waals surface area contributed by atoms with Crippen LogP contribution < -0.4 is 4.90 Å². The number of thiazole rings is 1. The van der Waals surface area contributed by atoms with Crippen molar-refractivity contribution in [1.29, 1.82) is 0 Å². The number of carbonyl (C=O) groups excluding carboxylic acids is 1. The van der Waals surface area contributed by atoms with E-state index in [1.54, 1.807) is 7.05 Å². The number of rotatable bonds is 8. The molecule has 0 aliphatic heterocycles. The van der Waals surface area contributed by atoms with E-state index in [1.807, 2.05) is 84.2 Å². The van der Waals surface area contributed by atoms with Gasteiger partial charge in [0.25, 0.3) is 0 Å². The van der Waals surface area contributed by atoms with Crippen molar-refractivity contribution in [2.45, 2.75) is 12.8 Å². The Morgan fingerprint density at radius 3 is 2.41 bits per heavy atom. The predicted molar refractivity (Wildman–Crippen MR) is 137 cm³/mol. The molecule has 1 unspecified atom stereocenters. The number of halogens is 1. The summed E-state index contributed by atoms with van der Waals surface area (Å²) < 4.78 is 0. The number of hydrogen-bond donors (Lipinski definition) is 1. The summed E-state index contributed by atoms with van der Waals surface area (Å²) in [6.07, 6.45) is 0.111. The van der Waals surface area contributed by atoms with E-state index in [0.717, 1.165) is 27.9 Å². The van der Waals surface area contributed by atoms with Crippen LogP contribution in [0.5, 0.6) is 0 Å². The van der Waals surface area contributed by atoms with E-state index < -0.39 is 11.9 Å². The molecular formula is C27H23ClN2O3S. The summed E-state index contributed by atoms with van der Waals surface area (Å²) in [5.74, 6) is -1.95. The zero-order valence-corrected chi connectivity index (χ0v) is 20.1. The van der Waals surface area contributed by atoms with Crippen LogP contribution in [0.1, 0.15) is 12.0 Å². The van der Waals surface area contributed by atoms with E-state index >= 15 is 0 Å². The second-order valence-electron chi connectivity index (χ2n) is 7.95. The molecule has 5 nitrogen and oxygen atoms in total. The molecule has 0 fully saturated rings. The smallest absolute Gasteiger partial charge is 0.304 e. The number of aliphatic carboxylic acids is 1. The fraction of sp³-hybridized carbons (Fsp3) is 0.148. The third-order valence-corrected chi connectivity index (χ3v) is 6.70. The van der Waals surface area contributed by atoms with Crippen molar-refractivity contribution < 1.29 is 14.7 Å². The zero-order valence-electron chi connectivity index (χ0n) is 18.5. The lowest BCUT2D eigenvalue weighted by molar-refractivity contribution is -0.140. The third kappa shape index (κ3) is 5.53. The summed E-state index contributed by atoms with van der Waals surface area (Å²) in [5.41, 5.74) is 4.56. The van der Waals surface area contributed by atoms with Gasteiger partial charge in [-0.1, -0.05) is 78.3 Å². The van der Waals surface area contributed by atoms with Gasteiger partial charge >= 0.3 is 5.97 Å². The Morgan fingerprint density at radius 1 is 1.00 bits per heavy atom. The van der Waals surface area contributed by atoms with Gasteiger partial charge in [0.15, 0.2) is 5.13 Å². The van der Waals surface area contributed by atoms with Crippen LogP contribution in [0.3, 0.4) is 0 Å². The monoisotopic (exact) mass is 490 g/mol. The summed E-state index contributed by atoms with van der Waals surface area (Å²) in [5, 5.41) is 12.5. The van der Waals surface area contributed by atoms with Crippen molar-refractivity contribution in [2.75, 3.05) is 11.9 Å². The molecule has 7 heteroatoms. The van der Waals surface area contributed by atoms with E-state index in [4.69, 9.17) is 16.6 Å². The minimum Gasteiger partial charge on any atom is -0.481 e. The number of carbonyl (C=O) groups is 2. The normalized spacial score (nSPS) is 11.7. The first-order valence-electron chi connectivity index (χ1n) is 10.8. The van der Waals surface area contributed by atoms with Gasteiger partial charge in [-0.3, -0.25) is 14.5 Å². The number of hydrogen-bond acceptors (Lipinski definition) is 4. The van der Waals surface area contributed by atoms with Crippen molar-refractivity contribution in [3.05, 3.63) is 94.8 Å².